The summed E-state index contributed by atoms with van der Waals surface area (Å²) in [7, 11) is -2.27. The quantitative estimate of drug-likeness (QED) is 0.787. The highest BCUT2D eigenvalue weighted by Crippen LogP contribution is 2.19. The van der Waals surface area contributed by atoms with Crippen LogP contribution < -0.4 is 10.5 Å². The molecule has 0 saturated heterocycles. The normalized spacial score (nSPS) is 12.4. The molecule has 5 nitrogen and oxygen atoms in total. The SMILES string of the molecule is CC(C)N(C)CCNS(=O)(=O)c1cc(CN)cc(F)c1F. The third-order valence-corrected chi connectivity index (χ3v) is 4.68. The van der Waals surface area contributed by atoms with E-state index in [4.69, 9.17) is 5.73 Å². The fraction of sp³-hybridized carbons (Fsp3) is 0.538. The maximum atomic E-state index is 13.7. The van der Waals surface area contributed by atoms with E-state index in [1.54, 1.807) is 0 Å². The van der Waals surface area contributed by atoms with Crippen molar-refractivity contribution in [1.29, 1.82) is 0 Å². The second-order valence-corrected chi connectivity index (χ2v) is 6.80. The molecule has 0 aromatic heterocycles. The third kappa shape index (κ3) is 4.70. The molecule has 0 radical (unpaired) electrons. The highest BCUT2D eigenvalue weighted by Gasteiger charge is 2.22. The van der Waals surface area contributed by atoms with Gasteiger partial charge in [0.15, 0.2) is 11.6 Å². The number of likely N-dealkylation sites (N-methyl/N-ethyl adjacent to an activating group) is 1. The summed E-state index contributed by atoms with van der Waals surface area (Å²) >= 11 is 0. The minimum Gasteiger partial charge on any atom is -0.326 e. The first-order chi connectivity index (χ1) is 9.69. The summed E-state index contributed by atoms with van der Waals surface area (Å²) in [4.78, 5) is 1.21. The van der Waals surface area contributed by atoms with Crippen LogP contribution >= 0.6 is 0 Å². The minimum atomic E-state index is -4.11. The fourth-order valence-corrected chi connectivity index (χ4v) is 2.78. The van der Waals surface area contributed by atoms with Crippen LogP contribution in [0.2, 0.25) is 0 Å². The molecular weight excluding hydrogens is 300 g/mol. The van der Waals surface area contributed by atoms with Crippen molar-refractivity contribution in [2.24, 2.45) is 5.73 Å². The van der Waals surface area contributed by atoms with E-state index < -0.39 is 26.6 Å². The molecule has 0 heterocycles. The molecule has 0 amide bonds. The van der Waals surface area contributed by atoms with Gasteiger partial charge in [0.25, 0.3) is 0 Å². The molecule has 0 atom stereocenters. The molecule has 0 aliphatic heterocycles. The summed E-state index contributed by atoms with van der Waals surface area (Å²) in [6, 6.07) is 2.19. The van der Waals surface area contributed by atoms with Crippen LogP contribution in [0.4, 0.5) is 8.78 Å². The standard InChI is InChI=1S/C13H21F2N3O2S/c1-9(2)18(3)5-4-17-21(19,20)12-7-10(8-16)6-11(14)13(12)15/h6-7,9,17H,4-5,8,16H2,1-3H3. The largest absolute Gasteiger partial charge is 0.326 e. The third-order valence-electron chi connectivity index (χ3n) is 3.22. The van der Waals surface area contributed by atoms with E-state index in [1.165, 1.54) is 0 Å². The van der Waals surface area contributed by atoms with Crippen molar-refractivity contribution in [3.8, 4) is 0 Å². The zero-order valence-corrected chi connectivity index (χ0v) is 13.2. The van der Waals surface area contributed by atoms with Crippen molar-refractivity contribution in [1.82, 2.24) is 9.62 Å². The van der Waals surface area contributed by atoms with Crippen LogP contribution in [0.1, 0.15) is 19.4 Å². The molecule has 21 heavy (non-hydrogen) atoms. The summed E-state index contributed by atoms with van der Waals surface area (Å²) in [5.74, 6) is -2.62. The number of hydrogen-bond donors (Lipinski definition) is 2. The van der Waals surface area contributed by atoms with Gasteiger partial charge in [0.1, 0.15) is 4.90 Å². The van der Waals surface area contributed by atoms with E-state index in [2.05, 4.69) is 4.72 Å². The molecule has 0 aliphatic carbocycles. The highest BCUT2D eigenvalue weighted by atomic mass is 32.2. The summed E-state index contributed by atoms with van der Waals surface area (Å²) < 4.78 is 53.4. The average molecular weight is 321 g/mol. The number of nitrogens with two attached hydrogens (primary N) is 1. The van der Waals surface area contributed by atoms with E-state index in [1.807, 2.05) is 25.8 Å². The van der Waals surface area contributed by atoms with E-state index in [0.29, 0.717) is 6.54 Å². The predicted octanol–water partition coefficient (Wildman–Crippen LogP) is 1.04. The molecule has 0 bridgehead atoms. The van der Waals surface area contributed by atoms with Crippen molar-refractivity contribution in [3.05, 3.63) is 29.3 Å². The lowest BCUT2D eigenvalue weighted by atomic mass is 10.2. The summed E-state index contributed by atoms with van der Waals surface area (Å²) in [6.45, 7) is 4.42. The molecular formula is C13H21F2N3O2S. The van der Waals surface area contributed by atoms with Crippen molar-refractivity contribution in [3.63, 3.8) is 0 Å². The van der Waals surface area contributed by atoms with Gasteiger partial charge in [-0.1, -0.05) is 0 Å². The van der Waals surface area contributed by atoms with Crippen molar-refractivity contribution >= 4 is 10.0 Å². The molecule has 0 unspecified atom stereocenters. The molecule has 0 spiro atoms. The molecule has 8 heteroatoms. The molecule has 120 valence electrons. The molecule has 1 rings (SSSR count). The van der Waals surface area contributed by atoms with Gasteiger partial charge in [-0.05, 0) is 38.6 Å². The molecule has 0 aliphatic rings. The van der Waals surface area contributed by atoms with Gasteiger partial charge < -0.3 is 10.6 Å². The number of rotatable bonds is 7. The lowest BCUT2D eigenvalue weighted by molar-refractivity contribution is 0.278. The van der Waals surface area contributed by atoms with Gasteiger partial charge in [-0.2, -0.15) is 0 Å². The Kier molecular flexibility index (Phi) is 6.21. The number of hydrogen-bond acceptors (Lipinski definition) is 4. The van der Waals surface area contributed by atoms with Crippen LogP contribution in [0, 0.1) is 11.6 Å². The molecule has 1 aromatic rings. The first kappa shape index (κ1) is 18.0. The molecule has 3 N–H and O–H groups in total. The summed E-state index contributed by atoms with van der Waals surface area (Å²) in [5, 5.41) is 0. The van der Waals surface area contributed by atoms with Crippen molar-refractivity contribution < 1.29 is 17.2 Å². The van der Waals surface area contributed by atoms with E-state index >= 15 is 0 Å². The van der Waals surface area contributed by atoms with Gasteiger partial charge in [-0.3, -0.25) is 0 Å². The van der Waals surface area contributed by atoms with Crippen molar-refractivity contribution in [2.75, 3.05) is 20.1 Å². The second kappa shape index (κ2) is 7.26. The topological polar surface area (TPSA) is 75.4 Å². The Morgan fingerprint density at radius 1 is 1.33 bits per heavy atom. The molecule has 0 saturated carbocycles. The van der Waals surface area contributed by atoms with Gasteiger partial charge in [0.2, 0.25) is 10.0 Å². The van der Waals surface area contributed by atoms with Gasteiger partial charge in [0, 0.05) is 25.7 Å². The lowest BCUT2D eigenvalue weighted by Crippen LogP contribution is -2.36. The van der Waals surface area contributed by atoms with Crippen LogP contribution in [-0.4, -0.2) is 39.5 Å². The number of benzene rings is 1. The second-order valence-electron chi connectivity index (χ2n) is 5.07. The zero-order valence-electron chi connectivity index (χ0n) is 12.4. The molecule has 0 fully saturated rings. The smallest absolute Gasteiger partial charge is 0.243 e. The monoisotopic (exact) mass is 321 g/mol. The van der Waals surface area contributed by atoms with Crippen LogP contribution in [0.3, 0.4) is 0 Å². The lowest BCUT2D eigenvalue weighted by Gasteiger charge is -2.21. The Bertz CT molecular complexity index is 591. The minimum absolute atomic E-state index is 0.0736. The van der Waals surface area contributed by atoms with Gasteiger partial charge in [-0.15, -0.1) is 0 Å². The Labute approximate surface area is 124 Å². The zero-order chi connectivity index (χ0) is 16.2. The first-order valence-corrected chi connectivity index (χ1v) is 8.05. The van der Waals surface area contributed by atoms with Crippen LogP contribution in [0.25, 0.3) is 0 Å². The Balaban J connectivity index is 2.91. The van der Waals surface area contributed by atoms with Crippen LogP contribution in [-0.2, 0) is 16.6 Å². The van der Waals surface area contributed by atoms with E-state index in [-0.39, 0.29) is 24.7 Å². The summed E-state index contributed by atoms with van der Waals surface area (Å²) in [6.07, 6.45) is 0. The predicted molar refractivity (Wildman–Crippen MR) is 77.2 cm³/mol. The maximum Gasteiger partial charge on any atom is 0.243 e. The fourth-order valence-electron chi connectivity index (χ4n) is 1.62. The average Bonchev–Trinajstić information content (AvgIpc) is 2.40. The van der Waals surface area contributed by atoms with E-state index in [0.717, 1.165) is 12.1 Å². The van der Waals surface area contributed by atoms with Gasteiger partial charge in [0.05, 0.1) is 0 Å². The van der Waals surface area contributed by atoms with E-state index in [9.17, 15) is 17.2 Å². The Hall–Kier alpha value is -1.09. The van der Waals surface area contributed by atoms with Crippen LogP contribution in [0.5, 0.6) is 0 Å². The molecule has 1 aromatic carbocycles. The Morgan fingerprint density at radius 3 is 2.48 bits per heavy atom. The highest BCUT2D eigenvalue weighted by molar-refractivity contribution is 7.89. The van der Waals surface area contributed by atoms with Gasteiger partial charge in [-0.25, -0.2) is 21.9 Å². The first-order valence-electron chi connectivity index (χ1n) is 6.57. The number of sulfonamides is 1. The number of nitrogens with one attached hydrogen (secondary N) is 1. The van der Waals surface area contributed by atoms with Crippen molar-refractivity contribution in [2.45, 2.75) is 31.3 Å². The van der Waals surface area contributed by atoms with Gasteiger partial charge >= 0.3 is 0 Å². The maximum absolute atomic E-state index is 13.7. The summed E-state index contributed by atoms with van der Waals surface area (Å²) in [5.41, 5.74) is 5.56. The van der Waals surface area contributed by atoms with Crippen LogP contribution in [0.15, 0.2) is 17.0 Å². The number of halogens is 2. The number of nitrogens with zero attached hydrogens (tertiary/aromatic N) is 1. The Morgan fingerprint density at radius 2 is 1.95 bits per heavy atom.